The molecule has 0 saturated carbocycles. The highest BCUT2D eigenvalue weighted by atomic mass is 14.3. The summed E-state index contributed by atoms with van der Waals surface area (Å²) in [6.07, 6.45) is 13.3. The first-order valence-electron chi connectivity index (χ1n) is 11.8. The lowest BCUT2D eigenvalue weighted by Gasteiger charge is -2.31. The molecule has 0 bridgehead atoms. The van der Waals surface area contributed by atoms with Gasteiger partial charge >= 0.3 is 0 Å². The van der Waals surface area contributed by atoms with Crippen LogP contribution in [0.15, 0.2) is 35.4 Å². The Balaban J connectivity index is 3.32. The molecule has 1 aromatic rings. The normalized spacial score (nSPS) is 13.0. The third-order valence-corrected chi connectivity index (χ3v) is 5.74. The van der Waals surface area contributed by atoms with Crippen LogP contribution in [0.3, 0.4) is 0 Å². The third-order valence-electron chi connectivity index (χ3n) is 5.74. The van der Waals surface area contributed by atoms with E-state index in [4.69, 9.17) is 0 Å². The minimum atomic E-state index is 0.167. The van der Waals surface area contributed by atoms with E-state index in [9.17, 15) is 0 Å². The number of aryl methyl sites for hydroxylation is 1. The second-order valence-corrected chi connectivity index (χ2v) is 11.2. The van der Waals surface area contributed by atoms with Crippen molar-refractivity contribution < 1.29 is 0 Å². The number of allylic oxidation sites excluding steroid dienone is 4. The van der Waals surface area contributed by atoms with Crippen LogP contribution in [0.4, 0.5) is 0 Å². The van der Waals surface area contributed by atoms with E-state index in [1.165, 1.54) is 42.4 Å². The fraction of sp³-hybridized carbons (Fsp3) is 0.655. The molecule has 0 heterocycles. The summed E-state index contributed by atoms with van der Waals surface area (Å²) in [7, 11) is 0. The van der Waals surface area contributed by atoms with Crippen molar-refractivity contribution in [1.82, 2.24) is 0 Å². The van der Waals surface area contributed by atoms with Gasteiger partial charge in [0.15, 0.2) is 0 Å². The number of hydrogen-bond acceptors (Lipinski definition) is 0. The molecule has 0 saturated heterocycles. The average Bonchev–Trinajstić information content (AvgIpc) is 2.58. The molecule has 0 N–H and O–H groups in total. The van der Waals surface area contributed by atoms with E-state index >= 15 is 0 Å². The molecule has 0 fully saturated rings. The molecule has 0 aliphatic heterocycles. The first kappa shape index (κ1) is 25.7. The van der Waals surface area contributed by atoms with E-state index in [1.807, 2.05) is 0 Å². The van der Waals surface area contributed by atoms with Crippen molar-refractivity contribution in [2.45, 2.75) is 125 Å². The summed E-state index contributed by atoms with van der Waals surface area (Å²) in [5, 5.41) is 0. The van der Waals surface area contributed by atoms with Gasteiger partial charge in [0, 0.05) is 0 Å². The summed E-state index contributed by atoms with van der Waals surface area (Å²) >= 11 is 0. The number of benzene rings is 1. The van der Waals surface area contributed by atoms with Crippen LogP contribution in [-0.4, -0.2) is 0 Å². The first-order chi connectivity index (χ1) is 13.4. The monoisotopic (exact) mass is 396 g/mol. The van der Waals surface area contributed by atoms with Gasteiger partial charge in [-0.1, -0.05) is 96.7 Å². The Labute approximate surface area is 182 Å². The van der Waals surface area contributed by atoms with E-state index in [1.54, 1.807) is 16.7 Å². The Bertz CT molecular complexity index is 660. The molecule has 0 aliphatic rings. The van der Waals surface area contributed by atoms with Crippen LogP contribution < -0.4 is 0 Å². The lowest BCUT2D eigenvalue weighted by atomic mass is 9.74. The van der Waals surface area contributed by atoms with Gasteiger partial charge in [0.2, 0.25) is 0 Å². The largest absolute Gasteiger partial charge is 0.0856 e. The van der Waals surface area contributed by atoms with Crippen LogP contribution in [0.25, 0.3) is 0 Å². The summed E-state index contributed by atoms with van der Waals surface area (Å²) in [6, 6.07) is 5.04. The summed E-state index contributed by atoms with van der Waals surface area (Å²) in [6.45, 7) is 23.2. The van der Waals surface area contributed by atoms with Crippen molar-refractivity contribution >= 4 is 0 Å². The van der Waals surface area contributed by atoms with Gasteiger partial charge < -0.3 is 0 Å². The highest BCUT2D eigenvalue weighted by Crippen LogP contribution is 2.36. The molecule has 0 atom stereocenters. The van der Waals surface area contributed by atoms with Crippen molar-refractivity contribution in [3.05, 3.63) is 57.7 Å². The van der Waals surface area contributed by atoms with Gasteiger partial charge in [-0.2, -0.15) is 0 Å². The Morgan fingerprint density at radius 2 is 1.38 bits per heavy atom. The second kappa shape index (κ2) is 11.2. The van der Waals surface area contributed by atoms with E-state index in [-0.39, 0.29) is 10.8 Å². The molecule has 0 aliphatic carbocycles. The lowest BCUT2D eigenvalue weighted by molar-refractivity contribution is 0.555. The van der Waals surface area contributed by atoms with Gasteiger partial charge in [-0.05, 0) is 86.0 Å². The van der Waals surface area contributed by atoms with Gasteiger partial charge in [-0.15, -0.1) is 0 Å². The molecule has 0 radical (unpaired) electrons. The molecule has 1 rings (SSSR count). The molecule has 0 spiro atoms. The maximum Gasteiger partial charge on any atom is -0.00890 e. The highest BCUT2D eigenvalue weighted by Gasteiger charge is 2.25. The molecule has 0 unspecified atom stereocenters. The lowest BCUT2D eigenvalue weighted by Crippen LogP contribution is -2.22. The maximum atomic E-state index is 2.52. The van der Waals surface area contributed by atoms with Crippen LogP contribution >= 0.6 is 0 Å². The molecular formula is C29H48. The zero-order chi connectivity index (χ0) is 22.2. The van der Waals surface area contributed by atoms with Crippen molar-refractivity contribution in [2.24, 2.45) is 0 Å². The van der Waals surface area contributed by atoms with E-state index in [0.29, 0.717) is 0 Å². The number of rotatable bonds is 9. The van der Waals surface area contributed by atoms with E-state index in [2.05, 4.69) is 93.5 Å². The average molecular weight is 397 g/mol. The molecule has 0 heteroatoms. The van der Waals surface area contributed by atoms with Gasteiger partial charge in [-0.25, -0.2) is 0 Å². The van der Waals surface area contributed by atoms with Crippen LogP contribution in [0, 0.1) is 0 Å². The van der Waals surface area contributed by atoms with Gasteiger partial charge in [0.25, 0.3) is 0 Å². The van der Waals surface area contributed by atoms with E-state index in [0.717, 1.165) is 19.3 Å². The molecule has 164 valence electrons. The SMILES string of the molecule is CCCCCc1cc(C(C)(C)C)c(C/C=C(\C)CCC=C(C)C)c(C(C)(C)C)c1. The van der Waals surface area contributed by atoms with Gasteiger partial charge in [0.05, 0.1) is 0 Å². The molecule has 0 nitrogen and oxygen atoms in total. The number of hydrogen-bond donors (Lipinski definition) is 0. The quantitative estimate of drug-likeness (QED) is 0.288. The van der Waals surface area contributed by atoms with Crippen LogP contribution in [-0.2, 0) is 23.7 Å². The molecule has 0 aromatic heterocycles. The molecule has 1 aromatic carbocycles. The summed E-state index contributed by atoms with van der Waals surface area (Å²) < 4.78 is 0. The zero-order valence-corrected chi connectivity index (χ0v) is 21.3. The van der Waals surface area contributed by atoms with Crippen molar-refractivity contribution in [1.29, 1.82) is 0 Å². The Hall–Kier alpha value is -1.30. The summed E-state index contributed by atoms with van der Waals surface area (Å²) in [5.41, 5.74) is 9.44. The summed E-state index contributed by atoms with van der Waals surface area (Å²) in [5.74, 6) is 0. The van der Waals surface area contributed by atoms with E-state index < -0.39 is 0 Å². The van der Waals surface area contributed by atoms with Gasteiger partial charge in [0.1, 0.15) is 0 Å². The third kappa shape index (κ3) is 8.93. The van der Waals surface area contributed by atoms with Crippen LogP contribution in [0.2, 0.25) is 0 Å². The smallest absolute Gasteiger partial charge is 0.00890 e. The summed E-state index contributed by atoms with van der Waals surface area (Å²) in [4.78, 5) is 0. The minimum Gasteiger partial charge on any atom is -0.0856 e. The predicted molar refractivity (Wildman–Crippen MR) is 133 cm³/mol. The minimum absolute atomic E-state index is 0.167. The molecular weight excluding hydrogens is 348 g/mol. The topological polar surface area (TPSA) is 0 Å². The number of unbranched alkanes of at least 4 members (excludes halogenated alkanes) is 2. The van der Waals surface area contributed by atoms with Crippen molar-refractivity contribution in [2.75, 3.05) is 0 Å². The van der Waals surface area contributed by atoms with Gasteiger partial charge in [-0.3, -0.25) is 0 Å². The zero-order valence-electron chi connectivity index (χ0n) is 21.3. The predicted octanol–water partition coefficient (Wildman–Crippen LogP) is 9.25. The highest BCUT2D eigenvalue weighted by molar-refractivity contribution is 5.47. The first-order valence-corrected chi connectivity index (χ1v) is 11.8. The Kier molecular flexibility index (Phi) is 9.93. The Morgan fingerprint density at radius 1 is 0.828 bits per heavy atom. The maximum absolute atomic E-state index is 2.52. The fourth-order valence-corrected chi connectivity index (χ4v) is 3.98. The van der Waals surface area contributed by atoms with Crippen molar-refractivity contribution in [3.8, 4) is 0 Å². The second-order valence-electron chi connectivity index (χ2n) is 11.2. The molecule has 0 amide bonds. The van der Waals surface area contributed by atoms with Crippen LogP contribution in [0.5, 0.6) is 0 Å². The molecule has 29 heavy (non-hydrogen) atoms. The fourth-order valence-electron chi connectivity index (χ4n) is 3.98. The van der Waals surface area contributed by atoms with Crippen molar-refractivity contribution in [3.63, 3.8) is 0 Å². The standard InChI is InChI=1S/C29H48/c1-11-12-13-17-24-20-26(28(5,6)7)25(27(21-24)29(8,9)10)19-18-23(4)16-14-15-22(2)3/h15,18,20-21H,11-14,16-17,19H2,1-10H3/b23-18+. The Morgan fingerprint density at radius 3 is 1.83 bits per heavy atom. The van der Waals surface area contributed by atoms with Crippen LogP contribution in [0.1, 0.15) is 124 Å².